The van der Waals surface area contributed by atoms with E-state index >= 15 is 0 Å². The lowest BCUT2D eigenvalue weighted by Gasteiger charge is -2.08. The normalized spacial score (nSPS) is 20.3. The van der Waals surface area contributed by atoms with Crippen molar-refractivity contribution in [1.82, 2.24) is 0 Å². The molecule has 4 N–H and O–H groups in total. The maximum Gasteiger partial charge on any atom is 0.124 e. The van der Waals surface area contributed by atoms with Crippen molar-refractivity contribution in [2.45, 2.75) is 25.5 Å². The van der Waals surface area contributed by atoms with Crippen LogP contribution in [0.3, 0.4) is 0 Å². The van der Waals surface area contributed by atoms with Gasteiger partial charge < -0.3 is 15.9 Å². The smallest absolute Gasteiger partial charge is 0.124 e. The molecule has 13 heavy (non-hydrogen) atoms. The van der Waals surface area contributed by atoms with Gasteiger partial charge in [0.1, 0.15) is 5.75 Å². The monoisotopic (exact) mass is 179 g/mol. The number of aliphatic hydroxyl groups is 1. The van der Waals surface area contributed by atoms with Crippen molar-refractivity contribution in [3.63, 3.8) is 0 Å². The van der Waals surface area contributed by atoms with Gasteiger partial charge in [0.2, 0.25) is 0 Å². The van der Waals surface area contributed by atoms with Gasteiger partial charge in [-0.1, -0.05) is 12.1 Å². The summed E-state index contributed by atoms with van der Waals surface area (Å²) in [4.78, 5) is 0. The molecule has 0 bridgehead atoms. The van der Waals surface area contributed by atoms with E-state index in [2.05, 4.69) is 0 Å². The summed E-state index contributed by atoms with van der Waals surface area (Å²) in [5.41, 5.74) is 8.36. The zero-order valence-electron chi connectivity index (χ0n) is 7.33. The molecule has 0 radical (unpaired) electrons. The molecule has 0 amide bonds. The average molecular weight is 179 g/mol. The number of phenols is 1. The molecule has 1 aliphatic carbocycles. The Balaban J connectivity index is 2.54. The van der Waals surface area contributed by atoms with Gasteiger partial charge in [-0.15, -0.1) is 0 Å². The van der Waals surface area contributed by atoms with Crippen molar-refractivity contribution < 1.29 is 10.2 Å². The molecule has 1 aromatic rings. The van der Waals surface area contributed by atoms with Gasteiger partial charge in [-0.2, -0.15) is 0 Å². The molecule has 3 nitrogen and oxygen atoms in total. The van der Waals surface area contributed by atoms with Crippen LogP contribution < -0.4 is 5.73 Å². The molecule has 3 heteroatoms. The number of nitrogens with two attached hydrogens (primary N) is 1. The highest BCUT2D eigenvalue weighted by Crippen LogP contribution is 2.37. The van der Waals surface area contributed by atoms with Crippen molar-refractivity contribution in [3.05, 3.63) is 28.8 Å². The van der Waals surface area contributed by atoms with E-state index in [4.69, 9.17) is 10.8 Å². The minimum Gasteiger partial charge on any atom is -0.507 e. The van der Waals surface area contributed by atoms with E-state index in [-0.39, 0.29) is 18.4 Å². The zero-order chi connectivity index (χ0) is 9.42. The van der Waals surface area contributed by atoms with Crippen LogP contribution in [0.4, 0.5) is 0 Å². The summed E-state index contributed by atoms with van der Waals surface area (Å²) in [6.07, 6.45) is 1.70. The van der Waals surface area contributed by atoms with Gasteiger partial charge in [0.15, 0.2) is 0 Å². The standard InChI is InChI=1S/C10H13NO2/c11-9-4-3-8-7(9)2-1-6(5-12)10(8)13/h1-2,9,12-13H,3-5,11H2/t9-/m0/s1. The van der Waals surface area contributed by atoms with Crippen molar-refractivity contribution in [2.24, 2.45) is 5.73 Å². The topological polar surface area (TPSA) is 66.5 Å². The fraction of sp³-hybridized carbons (Fsp3) is 0.400. The molecule has 0 heterocycles. The first-order valence-electron chi connectivity index (χ1n) is 4.44. The second-order valence-electron chi connectivity index (χ2n) is 3.44. The Kier molecular flexibility index (Phi) is 1.98. The maximum atomic E-state index is 9.71. The minimum absolute atomic E-state index is 0.0497. The number of aromatic hydroxyl groups is 1. The highest BCUT2D eigenvalue weighted by atomic mass is 16.3. The Morgan fingerprint density at radius 1 is 1.46 bits per heavy atom. The van der Waals surface area contributed by atoms with Crippen LogP contribution in [0.2, 0.25) is 0 Å². The Bertz CT molecular complexity index is 336. The molecule has 0 aromatic heterocycles. The second-order valence-corrected chi connectivity index (χ2v) is 3.44. The SMILES string of the molecule is N[C@H]1CCc2c1ccc(CO)c2O. The predicted octanol–water partition coefficient (Wildman–Crippen LogP) is 0.831. The van der Waals surface area contributed by atoms with Crippen molar-refractivity contribution in [3.8, 4) is 5.75 Å². The van der Waals surface area contributed by atoms with Gasteiger partial charge in [-0.3, -0.25) is 0 Å². The average Bonchev–Trinajstić information content (AvgIpc) is 2.50. The fourth-order valence-corrected chi connectivity index (χ4v) is 1.89. The van der Waals surface area contributed by atoms with Crippen molar-refractivity contribution in [2.75, 3.05) is 0 Å². The van der Waals surface area contributed by atoms with Gasteiger partial charge in [0.05, 0.1) is 6.61 Å². The molecular weight excluding hydrogens is 166 g/mol. The van der Waals surface area contributed by atoms with E-state index in [9.17, 15) is 5.11 Å². The van der Waals surface area contributed by atoms with Crippen LogP contribution in [0.5, 0.6) is 5.75 Å². The highest BCUT2D eigenvalue weighted by molar-refractivity contribution is 5.48. The predicted molar refractivity (Wildman–Crippen MR) is 49.3 cm³/mol. The van der Waals surface area contributed by atoms with E-state index in [0.717, 1.165) is 24.0 Å². The van der Waals surface area contributed by atoms with Gasteiger partial charge in [0, 0.05) is 11.6 Å². The molecular formula is C10H13NO2. The van der Waals surface area contributed by atoms with Crippen LogP contribution in [0.1, 0.15) is 29.2 Å². The van der Waals surface area contributed by atoms with Gasteiger partial charge >= 0.3 is 0 Å². The van der Waals surface area contributed by atoms with Crippen LogP contribution in [-0.4, -0.2) is 10.2 Å². The molecule has 0 fully saturated rings. The summed E-state index contributed by atoms with van der Waals surface area (Å²) in [7, 11) is 0. The summed E-state index contributed by atoms with van der Waals surface area (Å²) in [6.45, 7) is -0.117. The second kappa shape index (κ2) is 3.01. The van der Waals surface area contributed by atoms with E-state index < -0.39 is 0 Å². The lowest BCUT2D eigenvalue weighted by molar-refractivity contribution is 0.275. The van der Waals surface area contributed by atoms with E-state index in [1.54, 1.807) is 6.07 Å². The minimum atomic E-state index is -0.117. The summed E-state index contributed by atoms with van der Waals surface area (Å²) in [5, 5.41) is 18.6. The van der Waals surface area contributed by atoms with Crippen LogP contribution in [0, 0.1) is 0 Å². The first kappa shape index (κ1) is 8.53. The van der Waals surface area contributed by atoms with E-state index in [0.29, 0.717) is 5.56 Å². The summed E-state index contributed by atoms with van der Waals surface area (Å²) in [5.74, 6) is 0.230. The van der Waals surface area contributed by atoms with Crippen LogP contribution in [0.25, 0.3) is 0 Å². The lowest BCUT2D eigenvalue weighted by atomic mass is 10.0. The van der Waals surface area contributed by atoms with Gasteiger partial charge in [-0.25, -0.2) is 0 Å². The molecule has 1 aliphatic rings. The number of hydrogen-bond acceptors (Lipinski definition) is 3. The van der Waals surface area contributed by atoms with Gasteiger partial charge in [-0.05, 0) is 24.0 Å². The van der Waals surface area contributed by atoms with Gasteiger partial charge in [0.25, 0.3) is 0 Å². The molecule has 0 saturated carbocycles. The molecule has 0 aliphatic heterocycles. The molecule has 1 atom stereocenters. The van der Waals surface area contributed by atoms with Crippen LogP contribution >= 0.6 is 0 Å². The molecule has 0 saturated heterocycles. The summed E-state index contributed by atoms with van der Waals surface area (Å²) >= 11 is 0. The quantitative estimate of drug-likeness (QED) is 0.598. The number of benzene rings is 1. The molecule has 0 spiro atoms. The first-order chi connectivity index (χ1) is 6.24. The molecule has 0 unspecified atom stereocenters. The van der Waals surface area contributed by atoms with E-state index in [1.165, 1.54) is 0 Å². The summed E-state index contributed by atoms with van der Waals surface area (Å²) < 4.78 is 0. The Labute approximate surface area is 76.8 Å². The van der Waals surface area contributed by atoms with E-state index in [1.807, 2.05) is 6.07 Å². The highest BCUT2D eigenvalue weighted by Gasteiger charge is 2.22. The Morgan fingerprint density at radius 3 is 2.92 bits per heavy atom. The summed E-state index contributed by atoms with van der Waals surface area (Å²) in [6, 6.07) is 3.69. The first-order valence-corrected chi connectivity index (χ1v) is 4.44. The third-order valence-corrected chi connectivity index (χ3v) is 2.68. The third kappa shape index (κ3) is 1.20. The van der Waals surface area contributed by atoms with Crippen molar-refractivity contribution in [1.29, 1.82) is 0 Å². The zero-order valence-corrected chi connectivity index (χ0v) is 7.33. The fourth-order valence-electron chi connectivity index (χ4n) is 1.89. The third-order valence-electron chi connectivity index (χ3n) is 2.68. The molecule has 2 rings (SSSR count). The van der Waals surface area contributed by atoms with Crippen LogP contribution in [0.15, 0.2) is 12.1 Å². The Morgan fingerprint density at radius 2 is 2.23 bits per heavy atom. The number of fused-ring (bicyclic) bond motifs is 1. The van der Waals surface area contributed by atoms with Crippen molar-refractivity contribution >= 4 is 0 Å². The lowest BCUT2D eigenvalue weighted by Crippen LogP contribution is -2.05. The molecule has 70 valence electrons. The molecule has 1 aromatic carbocycles. The number of rotatable bonds is 1. The largest absolute Gasteiger partial charge is 0.507 e. The van der Waals surface area contributed by atoms with Crippen LogP contribution in [-0.2, 0) is 13.0 Å². The number of hydrogen-bond donors (Lipinski definition) is 3. The number of aliphatic hydroxyl groups excluding tert-OH is 1. The maximum absolute atomic E-state index is 9.71. The Hall–Kier alpha value is -1.06.